The Kier molecular flexibility index (Phi) is 7.78. The van der Waals surface area contributed by atoms with E-state index in [1.165, 1.54) is 0 Å². The van der Waals surface area contributed by atoms with E-state index in [0.29, 0.717) is 32.1 Å². The number of benzene rings is 1. The minimum absolute atomic E-state index is 0.0306. The molecule has 1 aliphatic rings. The van der Waals surface area contributed by atoms with Gasteiger partial charge in [0.2, 0.25) is 5.91 Å². The Morgan fingerprint density at radius 3 is 2.50 bits per heavy atom. The average molecular weight is 381 g/mol. The third-order valence-corrected chi connectivity index (χ3v) is 4.87. The highest BCUT2D eigenvalue weighted by Crippen LogP contribution is 2.20. The molecule has 0 radical (unpaired) electrons. The maximum Gasteiger partial charge on any atom is 0.407 e. The van der Waals surface area contributed by atoms with Crippen LogP contribution in [0.25, 0.3) is 0 Å². The molecule has 1 aliphatic heterocycles. The predicted molar refractivity (Wildman–Crippen MR) is 102 cm³/mol. The molecule has 0 spiro atoms. The lowest BCUT2D eigenvalue weighted by Crippen LogP contribution is -2.46. The molecule has 0 saturated carbocycles. The Bertz CT molecular complexity index is 583. The lowest BCUT2D eigenvalue weighted by molar-refractivity contribution is -0.135. The molecule has 1 heterocycles. The zero-order chi connectivity index (χ0) is 19.0. The largest absolute Gasteiger partial charge is 0.444 e. The van der Waals surface area contributed by atoms with Gasteiger partial charge in [0.15, 0.2) is 0 Å². The average Bonchev–Trinajstić information content (AvgIpc) is 2.59. The van der Waals surface area contributed by atoms with Crippen molar-refractivity contribution in [2.75, 3.05) is 32.1 Å². The van der Waals surface area contributed by atoms with Crippen LogP contribution < -0.4 is 5.32 Å². The van der Waals surface area contributed by atoms with Crippen LogP contribution in [0.1, 0.15) is 27.2 Å². The number of hydrogen-bond acceptors (Lipinski definition) is 5. The van der Waals surface area contributed by atoms with E-state index in [0.717, 1.165) is 4.90 Å². The Morgan fingerprint density at radius 2 is 1.88 bits per heavy atom. The van der Waals surface area contributed by atoms with E-state index in [2.05, 4.69) is 5.32 Å². The third kappa shape index (κ3) is 7.66. The van der Waals surface area contributed by atoms with Crippen LogP contribution in [0.4, 0.5) is 4.79 Å². The van der Waals surface area contributed by atoms with E-state index < -0.39 is 11.7 Å². The highest BCUT2D eigenvalue weighted by atomic mass is 32.2. The summed E-state index contributed by atoms with van der Waals surface area (Å²) in [4.78, 5) is 27.6. The van der Waals surface area contributed by atoms with Crippen LogP contribution >= 0.6 is 11.8 Å². The number of thioether (sulfide) groups is 1. The van der Waals surface area contributed by atoms with Crippen molar-refractivity contribution < 1.29 is 19.1 Å². The van der Waals surface area contributed by atoms with Crippen LogP contribution in [-0.4, -0.2) is 60.6 Å². The van der Waals surface area contributed by atoms with Crippen molar-refractivity contribution in [1.82, 2.24) is 10.2 Å². The van der Waals surface area contributed by atoms with Crippen molar-refractivity contribution in [3.05, 3.63) is 30.3 Å². The summed E-state index contributed by atoms with van der Waals surface area (Å²) in [5.41, 5.74) is -0.574. The fourth-order valence-corrected chi connectivity index (χ4v) is 3.44. The number of nitrogens with zero attached hydrogens (tertiary/aromatic N) is 1. The van der Waals surface area contributed by atoms with E-state index in [1.807, 2.05) is 51.1 Å². The number of ether oxygens (including phenoxy) is 2. The van der Waals surface area contributed by atoms with Crippen LogP contribution in [-0.2, 0) is 14.3 Å². The van der Waals surface area contributed by atoms with Crippen molar-refractivity contribution in [3.63, 3.8) is 0 Å². The topological polar surface area (TPSA) is 67.9 Å². The van der Waals surface area contributed by atoms with Crippen LogP contribution in [0.5, 0.6) is 0 Å². The van der Waals surface area contributed by atoms with Gasteiger partial charge in [-0.15, -0.1) is 11.8 Å². The molecule has 6 nitrogen and oxygen atoms in total. The van der Waals surface area contributed by atoms with Gasteiger partial charge in [-0.2, -0.15) is 0 Å². The van der Waals surface area contributed by atoms with Gasteiger partial charge in [0, 0.05) is 30.2 Å². The van der Waals surface area contributed by atoms with Gasteiger partial charge in [-0.3, -0.25) is 4.79 Å². The minimum atomic E-state index is -0.574. The molecule has 2 amide bonds. The molecule has 1 saturated heterocycles. The van der Waals surface area contributed by atoms with Gasteiger partial charge in [0.05, 0.1) is 19.3 Å². The van der Waals surface area contributed by atoms with Gasteiger partial charge in [-0.1, -0.05) is 18.2 Å². The molecule has 1 N–H and O–H groups in total. The first-order chi connectivity index (χ1) is 12.3. The van der Waals surface area contributed by atoms with Crippen molar-refractivity contribution in [2.24, 2.45) is 0 Å². The minimum Gasteiger partial charge on any atom is -0.444 e. The second-order valence-corrected chi connectivity index (χ2v) is 8.26. The fraction of sp³-hybridized carbons (Fsp3) is 0.579. The summed E-state index contributed by atoms with van der Waals surface area (Å²) in [6.45, 7) is 7.79. The first kappa shape index (κ1) is 20.6. The molecule has 1 aromatic rings. The molecule has 0 unspecified atom stereocenters. The second-order valence-electron chi connectivity index (χ2n) is 7.16. The molecular formula is C19H28N2O4S. The highest BCUT2D eigenvalue weighted by Gasteiger charge is 2.24. The molecule has 144 valence electrons. The molecule has 1 fully saturated rings. The Labute approximate surface area is 159 Å². The molecule has 1 atom stereocenters. The lowest BCUT2D eigenvalue weighted by atomic mass is 10.2. The van der Waals surface area contributed by atoms with Crippen LogP contribution in [0.3, 0.4) is 0 Å². The van der Waals surface area contributed by atoms with Crippen molar-refractivity contribution >= 4 is 23.8 Å². The summed E-state index contributed by atoms with van der Waals surface area (Å²) >= 11 is 1.61. The number of morpholine rings is 1. The van der Waals surface area contributed by atoms with Gasteiger partial charge in [0.25, 0.3) is 0 Å². The highest BCUT2D eigenvalue weighted by molar-refractivity contribution is 7.99. The smallest absolute Gasteiger partial charge is 0.407 e. The number of carbonyl (C=O) groups is 2. The van der Waals surface area contributed by atoms with Crippen molar-refractivity contribution in [3.8, 4) is 0 Å². The fourth-order valence-electron chi connectivity index (χ4n) is 2.49. The summed E-state index contributed by atoms with van der Waals surface area (Å²) < 4.78 is 10.6. The number of amides is 2. The normalized spacial score (nSPS) is 16.0. The molecular weight excluding hydrogens is 352 g/mol. The van der Waals surface area contributed by atoms with Crippen molar-refractivity contribution in [1.29, 1.82) is 0 Å². The maximum atomic E-state index is 12.6. The van der Waals surface area contributed by atoms with E-state index in [9.17, 15) is 9.59 Å². The molecule has 26 heavy (non-hydrogen) atoms. The molecule has 0 aromatic heterocycles. The SMILES string of the molecule is CC(C)(C)OC(=O)N[C@@H](CSc1ccccc1)CC(=O)N1CCOCC1. The van der Waals surface area contributed by atoms with Gasteiger partial charge >= 0.3 is 6.09 Å². The van der Waals surface area contributed by atoms with Crippen LogP contribution in [0, 0.1) is 0 Å². The lowest BCUT2D eigenvalue weighted by Gasteiger charge is -2.29. The monoisotopic (exact) mass is 380 g/mol. The Balaban J connectivity index is 1.95. The predicted octanol–water partition coefficient (Wildman–Crippen LogP) is 2.92. The summed E-state index contributed by atoms with van der Waals surface area (Å²) in [6, 6.07) is 9.63. The number of carbonyl (C=O) groups excluding carboxylic acids is 2. The van der Waals surface area contributed by atoms with Gasteiger partial charge in [-0.25, -0.2) is 4.79 Å². The molecule has 7 heteroatoms. The molecule has 2 rings (SSSR count). The number of nitrogens with one attached hydrogen (secondary N) is 1. The van der Waals surface area contributed by atoms with E-state index >= 15 is 0 Å². The van der Waals surface area contributed by atoms with E-state index in [1.54, 1.807) is 16.7 Å². The molecule has 1 aromatic carbocycles. The number of hydrogen-bond donors (Lipinski definition) is 1. The van der Waals surface area contributed by atoms with Crippen molar-refractivity contribution in [2.45, 2.75) is 43.7 Å². The van der Waals surface area contributed by atoms with Gasteiger partial charge in [0.1, 0.15) is 5.60 Å². The molecule has 0 aliphatic carbocycles. The van der Waals surface area contributed by atoms with Crippen LogP contribution in [0.15, 0.2) is 35.2 Å². The van der Waals surface area contributed by atoms with Gasteiger partial charge in [-0.05, 0) is 32.9 Å². The quantitative estimate of drug-likeness (QED) is 0.769. The van der Waals surface area contributed by atoms with Crippen LogP contribution in [0.2, 0.25) is 0 Å². The zero-order valence-corrected chi connectivity index (χ0v) is 16.5. The first-order valence-corrected chi connectivity index (χ1v) is 9.85. The second kappa shape index (κ2) is 9.83. The number of alkyl carbamates (subject to hydrolysis) is 1. The van der Waals surface area contributed by atoms with Gasteiger partial charge < -0.3 is 19.7 Å². The first-order valence-electron chi connectivity index (χ1n) is 8.86. The summed E-state index contributed by atoms with van der Waals surface area (Å²) in [5, 5.41) is 2.85. The Hall–Kier alpha value is -1.73. The summed E-state index contributed by atoms with van der Waals surface area (Å²) in [5.74, 6) is 0.627. The standard InChI is InChI=1S/C19H28N2O4S/c1-19(2,3)25-18(23)20-15(14-26-16-7-5-4-6-8-16)13-17(22)21-9-11-24-12-10-21/h4-8,15H,9-14H2,1-3H3,(H,20,23)/t15-/m1/s1. The maximum absolute atomic E-state index is 12.6. The third-order valence-electron chi connectivity index (χ3n) is 3.70. The zero-order valence-electron chi connectivity index (χ0n) is 15.7. The van der Waals surface area contributed by atoms with E-state index in [4.69, 9.17) is 9.47 Å². The summed E-state index contributed by atoms with van der Waals surface area (Å²) in [7, 11) is 0. The summed E-state index contributed by atoms with van der Waals surface area (Å²) in [6.07, 6.45) is -0.245. The Morgan fingerprint density at radius 1 is 1.23 bits per heavy atom. The molecule has 0 bridgehead atoms. The van der Waals surface area contributed by atoms with E-state index in [-0.39, 0.29) is 18.4 Å². The number of rotatable bonds is 6.